The normalized spacial score (nSPS) is 11.6. The number of para-hydroxylation sites is 4. The minimum absolute atomic E-state index is 0.0752. The summed E-state index contributed by atoms with van der Waals surface area (Å²) in [6.07, 6.45) is 0. The lowest BCUT2D eigenvalue weighted by Crippen LogP contribution is -2.15. The summed E-state index contributed by atoms with van der Waals surface area (Å²) in [4.78, 5) is 14.9. The van der Waals surface area contributed by atoms with Crippen LogP contribution in [0.25, 0.3) is 0 Å². The molecule has 0 spiro atoms. The number of ether oxygens (including phenoxy) is 1. The van der Waals surface area contributed by atoms with E-state index in [0.29, 0.717) is 16.7 Å². The minimum atomic E-state index is -0.0752. The molecule has 0 amide bonds. The molecule has 30 heavy (non-hydrogen) atoms. The molecule has 0 bridgehead atoms. The van der Waals surface area contributed by atoms with Crippen LogP contribution in [0.2, 0.25) is 0 Å². The van der Waals surface area contributed by atoms with Crippen molar-refractivity contribution >= 4 is 22.8 Å². The van der Waals surface area contributed by atoms with Gasteiger partial charge in [-0.05, 0) is 72.8 Å². The van der Waals surface area contributed by atoms with Crippen LogP contribution in [0.4, 0.5) is 17.1 Å². The molecule has 0 saturated heterocycles. The molecule has 4 aromatic carbocycles. The molecule has 0 fully saturated rings. The third-order valence-corrected chi connectivity index (χ3v) is 5.10. The van der Waals surface area contributed by atoms with Crippen LogP contribution < -0.4 is 9.64 Å². The number of nitrogens with zero attached hydrogens (tertiary/aromatic N) is 2. The number of nitriles is 1. The molecule has 0 aromatic heterocycles. The topological polar surface area (TPSA) is 53.3 Å². The van der Waals surface area contributed by atoms with Gasteiger partial charge >= 0.3 is 0 Å². The number of rotatable bonds is 3. The fraction of sp³-hybridized carbons (Fsp3) is 0. The van der Waals surface area contributed by atoms with Gasteiger partial charge in [0.25, 0.3) is 0 Å². The number of hydrogen-bond donors (Lipinski definition) is 0. The van der Waals surface area contributed by atoms with Crippen LogP contribution in [0.1, 0.15) is 21.5 Å². The van der Waals surface area contributed by atoms with Crippen molar-refractivity contribution < 1.29 is 9.53 Å². The first-order valence-corrected chi connectivity index (χ1v) is 9.55. The number of carbonyl (C=O) groups is 1. The zero-order chi connectivity index (χ0) is 20.5. The number of hydrogen-bond acceptors (Lipinski definition) is 4. The second kappa shape index (κ2) is 7.23. The van der Waals surface area contributed by atoms with Crippen molar-refractivity contribution in [1.82, 2.24) is 0 Å². The zero-order valence-electron chi connectivity index (χ0n) is 15.9. The first-order chi connectivity index (χ1) is 14.7. The van der Waals surface area contributed by atoms with Crippen LogP contribution in [0.15, 0.2) is 97.1 Å². The minimum Gasteiger partial charge on any atom is -0.453 e. The van der Waals surface area contributed by atoms with Crippen LogP contribution in [0.5, 0.6) is 11.5 Å². The van der Waals surface area contributed by atoms with Crippen molar-refractivity contribution in [3.05, 3.63) is 114 Å². The Morgan fingerprint density at radius 1 is 0.700 bits per heavy atom. The molecule has 1 aliphatic heterocycles. The molecule has 1 heterocycles. The van der Waals surface area contributed by atoms with Gasteiger partial charge in [0.15, 0.2) is 17.3 Å². The maximum Gasteiger partial charge on any atom is 0.193 e. The summed E-state index contributed by atoms with van der Waals surface area (Å²) in [6, 6.07) is 32.1. The molecule has 1 aliphatic rings. The van der Waals surface area contributed by atoms with Gasteiger partial charge < -0.3 is 9.64 Å². The third kappa shape index (κ3) is 2.99. The van der Waals surface area contributed by atoms with E-state index in [-0.39, 0.29) is 5.78 Å². The van der Waals surface area contributed by atoms with Crippen molar-refractivity contribution in [3.63, 3.8) is 0 Å². The fourth-order valence-corrected chi connectivity index (χ4v) is 3.61. The van der Waals surface area contributed by atoms with Crippen LogP contribution >= 0.6 is 0 Å². The predicted octanol–water partition coefficient (Wildman–Crippen LogP) is 6.36. The summed E-state index contributed by atoms with van der Waals surface area (Å²) in [5.41, 5.74) is 4.52. The molecule has 0 N–H and O–H groups in total. The van der Waals surface area contributed by atoms with E-state index in [1.807, 2.05) is 72.8 Å². The summed E-state index contributed by atoms with van der Waals surface area (Å²) in [5.74, 6) is 1.50. The van der Waals surface area contributed by atoms with Gasteiger partial charge in [0, 0.05) is 16.8 Å². The van der Waals surface area contributed by atoms with E-state index in [1.165, 1.54) is 0 Å². The Balaban J connectivity index is 1.52. The molecule has 4 heteroatoms. The van der Waals surface area contributed by atoms with Gasteiger partial charge in [-0.3, -0.25) is 4.79 Å². The van der Waals surface area contributed by atoms with E-state index in [4.69, 9.17) is 10.00 Å². The van der Waals surface area contributed by atoms with Gasteiger partial charge in [-0.25, -0.2) is 0 Å². The summed E-state index contributed by atoms with van der Waals surface area (Å²) >= 11 is 0. The quantitative estimate of drug-likeness (QED) is 0.337. The van der Waals surface area contributed by atoms with Gasteiger partial charge in [0.1, 0.15) is 0 Å². The van der Waals surface area contributed by atoms with E-state index in [9.17, 15) is 4.79 Å². The molecule has 0 atom stereocenters. The lowest BCUT2D eigenvalue weighted by molar-refractivity contribution is 0.103. The average molecular weight is 388 g/mol. The number of fused-ring (bicyclic) bond motifs is 2. The number of benzene rings is 4. The molecule has 4 aromatic rings. The maximum absolute atomic E-state index is 12.8. The van der Waals surface area contributed by atoms with Gasteiger partial charge in [-0.15, -0.1) is 0 Å². The van der Waals surface area contributed by atoms with E-state index < -0.39 is 0 Å². The summed E-state index contributed by atoms with van der Waals surface area (Å²) in [6.45, 7) is 0. The lowest BCUT2D eigenvalue weighted by atomic mass is 10.0. The smallest absolute Gasteiger partial charge is 0.193 e. The van der Waals surface area contributed by atoms with Crippen LogP contribution in [0, 0.1) is 11.3 Å². The van der Waals surface area contributed by atoms with E-state index >= 15 is 0 Å². The highest BCUT2D eigenvalue weighted by Gasteiger charge is 2.25. The van der Waals surface area contributed by atoms with Gasteiger partial charge in [-0.1, -0.05) is 24.3 Å². The molecular formula is C26H16N2O2. The SMILES string of the molecule is N#Cc1ccc(C(=O)c2ccc(N3c4ccccc4Oc4ccccc43)cc2)cc1. The summed E-state index contributed by atoms with van der Waals surface area (Å²) in [5, 5.41) is 8.93. The van der Waals surface area contributed by atoms with Crippen LogP contribution in [-0.4, -0.2) is 5.78 Å². The molecule has 142 valence electrons. The van der Waals surface area contributed by atoms with Crippen molar-refractivity contribution in [1.29, 1.82) is 5.26 Å². The second-order valence-electron chi connectivity index (χ2n) is 6.94. The first-order valence-electron chi connectivity index (χ1n) is 9.55. The zero-order valence-corrected chi connectivity index (χ0v) is 15.9. The number of anilines is 3. The molecule has 0 radical (unpaired) electrons. The van der Waals surface area contributed by atoms with Gasteiger partial charge in [0.2, 0.25) is 0 Å². The largest absolute Gasteiger partial charge is 0.453 e. The average Bonchev–Trinajstić information content (AvgIpc) is 2.82. The van der Waals surface area contributed by atoms with Crippen LogP contribution in [-0.2, 0) is 0 Å². The molecule has 0 aliphatic carbocycles. The monoisotopic (exact) mass is 388 g/mol. The Kier molecular flexibility index (Phi) is 4.27. The van der Waals surface area contributed by atoms with Gasteiger partial charge in [-0.2, -0.15) is 5.26 Å². The first kappa shape index (κ1) is 17.7. The van der Waals surface area contributed by atoms with Gasteiger partial charge in [0.05, 0.1) is 23.0 Å². The second-order valence-corrected chi connectivity index (χ2v) is 6.94. The summed E-state index contributed by atoms with van der Waals surface area (Å²) in [7, 11) is 0. The maximum atomic E-state index is 12.8. The lowest BCUT2D eigenvalue weighted by Gasteiger charge is -2.32. The molecule has 4 nitrogen and oxygen atoms in total. The Bertz CT molecular complexity index is 1240. The highest BCUT2D eigenvalue weighted by molar-refractivity contribution is 6.09. The number of ketones is 1. The predicted molar refractivity (Wildman–Crippen MR) is 116 cm³/mol. The Labute approximate surface area is 174 Å². The standard InChI is InChI=1S/C26H16N2O2/c27-17-18-9-11-19(12-10-18)26(29)20-13-15-21(16-14-20)28-22-5-1-3-7-24(22)30-25-8-4-2-6-23(25)28/h1-16H. The Morgan fingerprint density at radius 2 is 1.20 bits per heavy atom. The van der Waals surface area contributed by atoms with E-state index in [0.717, 1.165) is 28.6 Å². The van der Waals surface area contributed by atoms with Crippen molar-refractivity contribution in [2.24, 2.45) is 0 Å². The molecular weight excluding hydrogens is 372 g/mol. The van der Waals surface area contributed by atoms with E-state index in [1.54, 1.807) is 24.3 Å². The Hall–Kier alpha value is -4.36. The molecule has 5 rings (SSSR count). The van der Waals surface area contributed by atoms with Crippen LogP contribution in [0.3, 0.4) is 0 Å². The fourth-order valence-electron chi connectivity index (χ4n) is 3.61. The van der Waals surface area contributed by atoms with Crippen molar-refractivity contribution in [2.45, 2.75) is 0 Å². The number of carbonyl (C=O) groups excluding carboxylic acids is 1. The highest BCUT2D eigenvalue weighted by Crippen LogP contribution is 2.49. The molecule has 0 unspecified atom stereocenters. The van der Waals surface area contributed by atoms with E-state index in [2.05, 4.69) is 11.0 Å². The third-order valence-electron chi connectivity index (χ3n) is 5.10. The summed E-state index contributed by atoms with van der Waals surface area (Å²) < 4.78 is 6.05. The van der Waals surface area contributed by atoms with Crippen molar-refractivity contribution in [2.75, 3.05) is 4.90 Å². The highest BCUT2D eigenvalue weighted by atomic mass is 16.5. The Morgan fingerprint density at radius 3 is 1.73 bits per heavy atom. The van der Waals surface area contributed by atoms with Crippen molar-refractivity contribution in [3.8, 4) is 17.6 Å². The molecule has 0 saturated carbocycles.